The zero-order chi connectivity index (χ0) is 13.8. The van der Waals surface area contributed by atoms with E-state index in [1.807, 2.05) is 18.3 Å². The zero-order valence-electron chi connectivity index (χ0n) is 12.2. The average Bonchev–Trinajstić information content (AvgIpc) is 2.38. The molecule has 19 heavy (non-hydrogen) atoms. The number of aromatic nitrogens is 1. The molecule has 0 spiro atoms. The monoisotopic (exact) mass is 254 g/mol. The van der Waals surface area contributed by atoms with Crippen molar-refractivity contribution in [1.29, 1.82) is 0 Å². The number of pyridine rings is 1. The summed E-state index contributed by atoms with van der Waals surface area (Å²) in [5, 5.41) is 3.55. The van der Waals surface area contributed by atoms with Gasteiger partial charge in [-0.2, -0.15) is 0 Å². The summed E-state index contributed by atoms with van der Waals surface area (Å²) in [5.74, 6) is 0. The summed E-state index contributed by atoms with van der Waals surface area (Å²) >= 11 is 0. The molecule has 1 atom stereocenters. The molecule has 0 saturated heterocycles. The fourth-order valence-electron chi connectivity index (χ4n) is 2.48. The smallest absolute Gasteiger partial charge is 0.0570 e. The van der Waals surface area contributed by atoms with E-state index in [0.29, 0.717) is 0 Å². The van der Waals surface area contributed by atoms with Crippen molar-refractivity contribution in [3.05, 3.63) is 64.5 Å². The summed E-state index contributed by atoms with van der Waals surface area (Å²) in [6.07, 6.45) is 1.84. The fourth-order valence-corrected chi connectivity index (χ4v) is 2.48. The molecule has 0 saturated carbocycles. The van der Waals surface area contributed by atoms with Crippen LogP contribution in [0.4, 0.5) is 0 Å². The number of hydrogen-bond donors (Lipinski definition) is 1. The fraction of sp³-hybridized carbons (Fsp3) is 0.353. The number of aryl methyl sites for hydroxylation is 3. The van der Waals surface area contributed by atoms with Crippen molar-refractivity contribution in [3.63, 3.8) is 0 Å². The van der Waals surface area contributed by atoms with Crippen molar-refractivity contribution in [2.45, 2.75) is 40.3 Å². The lowest BCUT2D eigenvalue weighted by Gasteiger charge is -2.16. The highest BCUT2D eigenvalue weighted by atomic mass is 14.9. The van der Waals surface area contributed by atoms with Crippen LogP contribution in [0.1, 0.15) is 40.9 Å². The lowest BCUT2D eigenvalue weighted by Crippen LogP contribution is -2.20. The largest absolute Gasteiger partial charge is 0.305 e. The van der Waals surface area contributed by atoms with Gasteiger partial charge < -0.3 is 5.32 Å². The third kappa shape index (κ3) is 3.42. The molecular formula is C17H22N2. The quantitative estimate of drug-likeness (QED) is 0.896. The van der Waals surface area contributed by atoms with Gasteiger partial charge in [0, 0.05) is 18.8 Å². The summed E-state index contributed by atoms with van der Waals surface area (Å²) in [6.45, 7) is 9.55. The van der Waals surface area contributed by atoms with Crippen LogP contribution in [-0.4, -0.2) is 4.98 Å². The van der Waals surface area contributed by atoms with Crippen LogP contribution >= 0.6 is 0 Å². The molecule has 1 heterocycles. The van der Waals surface area contributed by atoms with Gasteiger partial charge >= 0.3 is 0 Å². The first-order chi connectivity index (χ1) is 9.08. The minimum Gasteiger partial charge on any atom is -0.305 e. The Balaban J connectivity index is 2.07. The molecule has 1 N–H and O–H groups in total. The maximum atomic E-state index is 4.39. The molecule has 2 heteroatoms. The first-order valence-corrected chi connectivity index (χ1v) is 6.79. The van der Waals surface area contributed by atoms with Crippen LogP contribution in [0.25, 0.3) is 0 Å². The van der Waals surface area contributed by atoms with E-state index in [4.69, 9.17) is 0 Å². The lowest BCUT2D eigenvalue weighted by atomic mass is 9.99. The van der Waals surface area contributed by atoms with E-state index >= 15 is 0 Å². The van der Waals surface area contributed by atoms with Crippen LogP contribution < -0.4 is 5.32 Å². The number of nitrogens with zero attached hydrogens (tertiary/aromatic N) is 1. The molecule has 0 radical (unpaired) electrons. The van der Waals surface area contributed by atoms with Gasteiger partial charge in [-0.15, -0.1) is 0 Å². The molecule has 1 aromatic heterocycles. The third-order valence-corrected chi connectivity index (χ3v) is 3.56. The van der Waals surface area contributed by atoms with Gasteiger partial charge in [-0.25, -0.2) is 0 Å². The number of nitrogens with one attached hydrogen (secondary N) is 1. The predicted octanol–water partition coefficient (Wildman–Crippen LogP) is 3.86. The highest BCUT2D eigenvalue weighted by molar-refractivity contribution is 5.37. The van der Waals surface area contributed by atoms with Crippen LogP contribution in [0.5, 0.6) is 0 Å². The molecule has 2 nitrogen and oxygen atoms in total. The average molecular weight is 254 g/mol. The van der Waals surface area contributed by atoms with E-state index in [-0.39, 0.29) is 6.04 Å². The summed E-state index contributed by atoms with van der Waals surface area (Å²) in [7, 11) is 0. The molecule has 0 amide bonds. The topological polar surface area (TPSA) is 24.9 Å². The van der Waals surface area contributed by atoms with Crippen molar-refractivity contribution in [2.75, 3.05) is 0 Å². The Morgan fingerprint density at radius 2 is 1.79 bits per heavy atom. The van der Waals surface area contributed by atoms with Gasteiger partial charge in [-0.3, -0.25) is 4.98 Å². The second kappa shape index (κ2) is 5.98. The third-order valence-electron chi connectivity index (χ3n) is 3.56. The maximum absolute atomic E-state index is 4.39. The van der Waals surface area contributed by atoms with E-state index in [2.05, 4.69) is 56.2 Å². The molecule has 0 aliphatic heterocycles. The number of rotatable bonds is 4. The molecule has 2 rings (SSSR count). The summed E-state index contributed by atoms with van der Waals surface area (Å²) in [4.78, 5) is 4.39. The second-order valence-electron chi connectivity index (χ2n) is 5.23. The van der Waals surface area contributed by atoms with Crippen molar-refractivity contribution < 1.29 is 0 Å². The van der Waals surface area contributed by atoms with Gasteiger partial charge in [-0.1, -0.05) is 23.8 Å². The molecule has 0 fully saturated rings. The number of benzene rings is 1. The summed E-state index contributed by atoms with van der Waals surface area (Å²) in [5.41, 5.74) is 6.53. The van der Waals surface area contributed by atoms with E-state index in [9.17, 15) is 0 Å². The Labute approximate surface area is 115 Å². The molecule has 1 aromatic carbocycles. The zero-order valence-corrected chi connectivity index (χ0v) is 12.2. The van der Waals surface area contributed by atoms with Crippen molar-refractivity contribution >= 4 is 0 Å². The molecule has 2 aromatic rings. The van der Waals surface area contributed by atoms with Crippen molar-refractivity contribution in [1.82, 2.24) is 10.3 Å². The summed E-state index contributed by atoms with van der Waals surface area (Å²) in [6, 6.07) is 10.8. The van der Waals surface area contributed by atoms with Gasteiger partial charge in [0.05, 0.1) is 5.69 Å². The first-order valence-electron chi connectivity index (χ1n) is 6.79. The molecular weight excluding hydrogens is 232 g/mol. The SMILES string of the molecule is Cc1cc(C)c(CN[C@H](C)c2ccccn2)c(C)c1. The minimum absolute atomic E-state index is 0.265. The highest BCUT2D eigenvalue weighted by Gasteiger charge is 2.08. The minimum atomic E-state index is 0.265. The van der Waals surface area contributed by atoms with Gasteiger partial charge in [0.25, 0.3) is 0 Å². The molecule has 100 valence electrons. The lowest BCUT2D eigenvalue weighted by molar-refractivity contribution is 0.559. The van der Waals surface area contributed by atoms with Gasteiger partial charge in [0.1, 0.15) is 0 Å². The summed E-state index contributed by atoms with van der Waals surface area (Å²) < 4.78 is 0. The predicted molar refractivity (Wildman–Crippen MR) is 80.1 cm³/mol. The van der Waals surface area contributed by atoms with E-state index in [1.165, 1.54) is 22.3 Å². The van der Waals surface area contributed by atoms with Gasteiger partial charge in [0.2, 0.25) is 0 Å². The van der Waals surface area contributed by atoms with Crippen LogP contribution in [0, 0.1) is 20.8 Å². The molecule has 0 aliphatic carbocycles. The van der Waals surface area contributed by atoms with Crippen LogP contribution in [0.2, 0.25) is 0 Å². The maximum Gasteiger partial charge on any atom is 0.0570 e. The Hall–Kier alpha value is -1.67. The van der Waals surface area contributed by atoms with E-state index in [1.54, 1.807) is 0 Å². The highest BCUT2D eigenvalue weighted by Crippen LogP contribution is 2.17. The Morgan fingerprint density at radius 1 is 1.11 bits per heavy atom. The Kier molecular flexibility index (Phi) is 4.33. The second-order valence-corrected chi connectivity index (χ2v) is 5.23. The number of hydrogen-bond acceptors (Lipinski definition) is 2. The van der Waals surface area contributed by atoms with Crippen molar-refractivity contribution in [2.24, 2.45) is 0 Å². The first kappa shape index (κ1) is 13.8. The normalized spacial score (nSPS) is 12.4. The molecule has 0 bridgehead atoms. The molecule has 0 aliphatic rings. The van der Waals surface area contributed by atoms with Crippen LogP contribution in [0.15, 0.2) is 36.5 Å². The van der Waals surface area contributed by atoms with Crippen molar-refractivity contribution in [3.8, 4) is 0 Å². The van der Waals surface area contributed by atoms with Gasteiger partial charge in [0.15, 0.2) is 0 Å². The standard InChI is InChI=1S/C17H22N2/c1-12-9-13(2)16(14(3)10-12)11-19-15(4)17-7-5-6-8-18-17/h5-10,15,19H,11H2,1-4H3/t15-/m1/s1. The molecule has 0 unspecified atom stereocenters. The van der Waals surface area contributed by atoms with Gasteiger partial charge in [-0.05, 0) is 56.5 Å². The Bertz CT molecular complexity index is 523. The van der Waals surface area contributed by atoms with E-state index < -0.39 is 0 Å². The Morgan fingerprint density at radius 3 is 2.37 bits per heavy atom. The van der Waals surface area contributed by atoms with Crippen LogP contribution in [0.3, 0.4) is 0 Å². The van der Waals surface area contributed by atoms with Crippen LogP contribution in [-0.2, 0) is 6.54 Å². The van der Waals surface area contributed by atoms with E-state index in [0.717, 1.165) is 12.2 Å².